The highest BCUT2D eigenvalue weighted by Crippen LogP contribution is 2.30. The number of aliphatic imine (C=N–C) groups is 1. The first-order valence-corrected chi connectivity index (χ1v) is 10.4. The minimum Gasteiger partial charge on any atom is -0.493 e. The van der Waals surface area contributed by atoms with Crippen molar-refractivity contribution in [2.45, 2.75) is 0 Å². The number of benzene rings is 2. The molecule has 0 radical (unpaired) electrons. The highest BCUT2D eigenvalue weighted by molar-refractivity contribution is 6.30. The lowest BCUT2D eigenvalue weighted by molar-refractivity contribution is -0.137. The van der Waals surface area contributed by atoms with E-state index in [1.54, 1.807) is 53.4 Å². The number of carbonyl (C=O) groups is 2. The zero-order valence-electron chi connectivity index (χ0n) is 17.4. The van der Waals surface area contributed by atoms with E-state index >= 15 is 0 Å². The molecule has 2 aromatic carbocycles. The van der Waals surface area contributed by atoms with E-state index in [1.165, 1.54) is 7.11 Å². The molecule has 0 aliphatic carbocycles. The van der Waals surface area contributed by atoms with Gasteiger partial charge in [0.05, 0.1) is 20.3 Å². The standard InChI is InChI=1S/C23H21ClN2O6/c1-29-20-13-15(2-7-19(20)31-14-21(27)26-8-10-30-11-9-26)12-18-23(28)32-22(25-18)16-3-5-17(24)6-4-16/h2-7,12-13H,8-11,14H2,1H3. The van der Waals surface area contributed by atoms with Crippen molar-refractivity contribution in [1.82, 2.24) is 4.90 Å². The molecule has 2 heterocycles. The van der Waals surface area contributed by atoms with Crippen molar-refractivity contribution in [3.8, 4) is 11.5 Å². The lowest BCUT2D eigenvalue weighted by Gasteiger charge is -2.26. The molecule has 8 nitrogen and oxygen atoms in total. The van der Waals surface area contributed by atoms with Crippen LogP contribution in [-0.2, 0) is 19.1 Å². The van der Waals surface area contributed by atoms with Gasteiger partial charge in [0.1, 0.15) is 0 Å². The Labute approximate surface area is 190 Å². The molecular weight excluding hydrogens is 436 g/mol. The minimum absolute atomic E-state index is 0.0993. The normalized spacial score (nSPS) is 17.2. The molecule has 0 bridgehead atoms. The molecule has 1 amide bonds. The van der Waals surface area contributed by atoms with Crippen LogP contribution in [0, 0.1) is 0 Å². The highest BCUT2D eigenvalue weighted by Gasteiger charge is 2.24. The average molecular weight is 457 g/mol. The number of nitrogens with zero attached hydrogens (tertiary/aromatic N) is 2. The van der Waals surface area contributed by atoms with Crippen LogP contribution in [-0.4, -0.2) is 62.7 Å². The van der Waals surface area contributed by atoms with Crippen molar-refractivity contribution in [3.05, 3.63) is 64.3 Å². The number of methoxy groups -OCH3 is 1. The van der Waals surface area contributed by atoms with E-state index in [0.29, 0.717) is 54.0 Å². The zero-order chi connectivity index (χ0) is 22.5. The molecule has 166 valence electrons. The van der Waals surface area contributed by atoms with Crippen molar-refractivity contribution in [3.63, 3.8) is 0 Å². The number of morpholine rings is 1. The predicted octanol–water partition coefficient (Wildman–Crippen LogP) is 2.93. The van der Waals surface area contributed by atoms with Crippen molar-refractivity contribution < 1.29 is 28.5 Å². The molecule has 1 saturated heterocycles. The molecule has 2 aromatic rings. The van der Waals surface area contributed by atoms with Gasteiger partial charge in [0, 0.05) is 23.7 Å². The van der Waals surface area contributed by atoms with Gasteiger partial charge in [-0.15, -0.1) is 0 Å². The molecule has 2 aliphatic heterocycles. The number of carbonyl (C=O) groups excluding carboxylic acids is 2. The van der Waals surface area contributed by atoms with Gasteiger partial charge in [-0.3, -0.25) is 4.79 Å². The van der Waals surface area contributed by atoms with Gasteiger partial charge >= 0.3 is 5.97 Å². The summed E-state index contributed by atoms with van der Waals surface area (Å²) < 4.78 is 21.6. The van der Waals surface area contributed by atoms with Crippen molar-refractivity contribution in [2.24, 2.45) is 4.99 Å². The largest absolute Gasteiger partial charge is 0.493 e. The summed E-state index contributed by atoms with van der Waals surface area (Å²) in [6.45, 7) is 2.07. The van der Waals surface area contributed by atoms with Crippen LogP contribution in [0.25, 0.3) is 6.08 Å². The van der Waals surface area contributed by atoms with E-state index in [4.69, 9.17) is 30.5 Å². The molecule has 4 rings (SSSR count). The second kappa shape index (κ2) is 9.84. The van der Waals surface area contributed by atoms with Gasteiger partial charge in [-0.2, -0.15) is 0 Å². The summed E-state index contributed by atoms with van der Waals surface area (Å²) >= 11 is 5.90. The number of amides is 1. The van der Waals surface area contributed by atoms with Gasteiger partial charge in [-0.25, -0.2) is 9.79 Å². The molecule has 9 heteroatoms. The summed E-state index contributed by atoms with van der Waals surface area (Å²) in [7, 11) is 1.50. The molecule has 0 aromatic heterocycles. The number of ether oxygens (including phenoxy) is 4. The van der Waals surface area contributed by atoms with E-state index in [0.717, 1.165) is 0 Å². The first-order chi connectivity index (χ1) is 15.5. The minimum atomic E-state index is -0.551. The highest BCUT2D eigenvalue weighted by atomic mass is 35.5. The number of esters is 1. The van der Waals surface area contributed by atoms with E-state index in [1.807, 2.05) is 0 Å². The van der Waals surface area contributed by atoms with Crippen LogP contribution in [0.3, 0.4) is 0 Å². The Bertz CT molecular complexity index is 1070. The van der Waals surface area contributed by atoms with Gasteiger partial charge in [0.25, 0.3) is 5.91 Å². The SMILES string of the molecule is COc1cc(C=C2N=C(c3ccc(Cl)cc3)OC2=O)ccc1OCC(=O)N1CCOCC1. The quantitative estimate of drug-likeness (QED) is 0.490. The van der Waals surface area contributed by atoms with Gasteiger partial charge in [0.15, 0.2) is 23.8 Å². The number of hydrogen-bond acceptors (Lipinski definition) is 7. The van der Waals surface area contributed by atoms with Crippen LogP contribution >= 0.6 is 11.6 Å². The zero-order valence-corrected chi connectivity index (χ0v) is 18.1. The van der Waals surface area contributed by atoms with E-state index in [9.17, 15) is 9.59 Å². The molecule has 32 heavy (non-hydrogen) atoms. The fraction of sp³-hybridized carbons (Fsp3) is 0.261. The Morgan fingerprint density at radius 2 is 1.91 bits per heavy atom. The summed E-state index contributed by atoms with van der Waals surface area (Å²) in [6, 6.07) is 12.0. The topological polar surface area (TPSA) is 86.7 Å². The van der Waals surface area contributed by atoms with E-state index in [2.05, 4.69) is 4.99 Å². The van der Waals surface area contributed by atoms with Crippen LogP contribution in [0.5, 0.6) is 11.5 Å². The van der Waals surface area contributed by atoms with Crippen LogP contribution in [0.1, 0.15) is 11.1 Å². The van der Waals surface area contributed by atoms with Gasteiger partial charge < -0.3 is 23.8 Å². The van der Waals surface area contributed by atoms with Crippen molar-refractivity contribution >= 4 is 35.5 Å². The Morgan fingerprint density at radius 1 is 1.16 bits per heavy atom. The molecule has 0 saturated carbocycles. The summed E-state index contributed by atoms with van der Waals surface area (Å²) in [5.74, 6) is 0.411. The Hall–Kier alpha value is -3.36. The van der Waals surface area contributed by atoms with Crippen molar-refractivity contribution in [2.75, 3.05) is 40.0 Å². The summed E-state index contributed by atoms with van der Waals surface area (Å²) in [5.41, 5.74) is 1.48. The fourth-order valence-corrected chi connectivity index (χ4v) is 3.35. The second-order valence-corrected chi connectivity index (χ2v) is 7.47. The Kier molecular flexibility index (Phi) is 6.72. The van der Waals surface area contributed by atoms with E-state index < -0.39 is 5.97 Å². The maximum Gasteiger partial charge on any atom is 0.363 e. The maximum atomic E-state index is 12.3. The lowest BCUT2D eigenvalue weighted by atomic mass is 10.1. The molecule has 1 fully saturated rings. The van der Waals surface area contributed by atoms with Crippen molar-refractivity contribution in [1.29, 1.82) is 0 Å². The molecule has 0 spiro atoms. The van der Waals surface area contributed by atoms with Crippen LogP contribution < -0.4 is 9.47 Å². The molecule has 0 atom stereocenters. The van der Waals surface area contributed by atoms with E-state index in [-0.39, 0.29) is 24.1 Å². The average Bonchev–Trinajstić information content (AvgIpc) is 3.18. The molecule has 0 unspecified atom stereocenters. The third kappa shape index (κ3) is 5.09. The maximum absolute atomic E-state index is 12.3. The monoisotopic (exact) mass is 456 g/mol. The van der Waals surface area contributed by atoms with Crippen LogP contribution in [0.15, 0.2) is 53.2 Å². The molecular formula is C23H21ClN2O6. The molecule has 0 N–H and O–H groups in total. The summed E-state index contributed by atoms with van der Waals surface area (Å²) in [6.07, 6.45) is 1.59. The smallest absolute Gasteiger partial charge is 0.363 e. The summed E-state index contributed by atoms with van der Waals surface area (Å²) in [5, 5.41) is 0.579. The number of rotatable bonds is 6. The Morgan fingerprint density at radius 3 is 2.62 bits per heavy atom. The van der Waals surface area contributed by atoms with Crippen LogP contribution in [0.2, 0.25) is 5.02 Å². The third-order valence-electron chi connectivity index (χ3n) is 4.92. The predicted molar refractivity (Wildman–Crippen MR) is 118 cm³/mol. The van der Waals surface area contributed by atoms with Gasteiger partial charge in [-0.1, -0.05) is 17.7 Å². The number of cyclic esters (lactones) is 1. The second-order valence-electron chi connectivity index (χ2n) is 7.04. The van der Waals surface area contributed by atoms with Gasteiger partial charge in [0.2, 0.25) is 5.90 Å². The third-order valence-corrected chi connectivity index (χ3v) is 5.17. The fourth-order valence-electron chi connectivity index (χ4n) is 3.22. The first kappa shape index (κ1) is 21.9. The number of halogens is 1. The first-order valence-electron chi connectivity index (χ1n) is 9.98. The van der Waals surface area contributed by atoms with Gasteiger partial charge in [-0.05, 0) is 48.0 Å². The van der Waals surface area contributed by atoms with Crippen LogP contribution in [0.4, 0.5) is 0 Å². The number of hydrogen-bond donors (Lipinski definition) is 0. The Balaban J connectivity index is 1.47. The lowest BCUT2D eigenvalue weighted by Crippen LogP contribution is -2.43. The molecule has 2 aliphatic rings. The summed E-state index contributed by atoms with van der Waals surface area (Å²) in [4.78, 5) is 30.5.